The van der Waals surface area contributed by atoms with Crippen molar-refractivity contribution < 1.29 is 0 Å². The Labute approximate surface area is 330 Å². The molecule has 56 heavy (non-hydrogen) atoms. The monoisotopic (exact) mass is 729 g/mol. The molecule has 0 saturated heterocycles. The van der Waals surface area contributed by atoms with Gasteiger partial charge in [-0.3, -0.25) is 0 Å². The van der Waals surface area contributed by atoms with Gasteiger partial charge in [-0.25, -0.2) is 0 Å². The zero-order valence-corrected chi connectivity index (χ0v) is 31.4. The van der Waals surface area contributed by atoms with Gasteiger partial charge in [0.05, 0.1) is 5.69 Å². The summed E-state index contributed by atoms with van der Waals surface area (Å²) in [4.78, 5) is 2.48. The lowest BCUT2D eigenvalue weighted by Gasteiger charge is -2.31. The molecular formula is C54H35NS. The highest BCUT2D eigenvalue weighted by Gasteiger charge is 2.23. The van der Waals surface area contributed by atoms with Crippen molar-refractivity contribution in [2.24, 2.45) is 0 Å². The largest absolute Gasteiger partial charge is 0.309 e. The van der Waals surface area contributed by atoms with Crippen LogP contribution in [0, 0.1) is 0 Å². The molecule has 2 heteroatoms. The molecule has 1 heterocycles. The molecule has 0 unspecified atom stereocenters. The van der Waals surface area contributed by atoms with Crippen LogP contribution in [0.25, 0.3) is 85.9 Å². The Morgan fingerprint density at radius 3 is 1.36 bits per heavy atom. The summed E-state index contributed by atoms with van der Waals surface area (Å²) in [5, 5.41) is 10.2. The van der Waals surface area contributed by atoms with Crippen LogP contribution in [-0.2, 0) is 0 Å². The van der Waals surface area contributed by atoms with Gasteiger partial charge >= 0.3 is 0 Å². The van der Waals surface area contributed by atoms with Crippen molar-refractivity contribution in [1.29, 1.82) is 0 Å². The average molecular weight is 730 g/mol. The van der Waals surface area contributed by atoms with Crippen LogP contribution in [0.1, 0.15) is 0 Å². The van der Waals surface area contributed by atoms with Crippen molar-refractivity contribution in [3.05, 3.63) is 212 Å². The molecule has 262 valence electrons. The molecule has 1 nitrogen and oxygen atoms in total. The van der Waals surface area contributed by atoms with E-state index in [-0.39, 0.29) is 0 Å². The van der Waals surface area contributed by atoms with Crippen molar-refractivity contribution in [1.82, 2.24) is 0 Å². The smallest absolute Gasteiger partial charge is 0.0618 e. The van der Waals surface area contributed by atoms with Gasteiger partial charge in [0.15, 0.2) is 0 Å². The molecule has 10 aromatic carbocycles. The highest BCUT2D eigenvalue weighted by Crippen LogP contribution is 2.49. The molecule has 0 radical (unpaired) electrons. The molecule has 0 amide bonds. The zero-order chi connectivity index (χ0) is 37.0. The number of fused-ring (bicyclic) bond motifs is 9. The predicted molar refractivity (Wildman–Crippen MR) is 243 cm³/mol. The molecule has 1 aromatic heterocycles. The van der Waals surface area contributed by atoms with Crippen LogP contribution < -0.4 is 4.90 Å². The molecular weight excluding hydrogens is 695 g/mol. The Morgan fingerprint density at radius 1 is 0.286 bits per heavy atom. The molecule has 0 saturated carbocycles. The maximum Gasteiger partial charge on any atom is 0.0618 e. The van der Waals surface area contributed by atoms with Crippen molar-refractivity contribution in [2.45, 2.75) is 0 Å². The zero-order valence-electron chi connectivity index (χ0n) is 30.6. The van der Waals surface area contributed by atoms with E-state index >= 15 is 0 Å². The highest BCUT2D eigenvalue weighted by molar-refractivity contribution is 7.26. The van der Waals surface area contributed by atoms with Gasteiger partial charge in [0.2, 0.25) is 0 Å². The molecule has 11 rings (SSSR count). The second-order valence-corrected chi connectivity index (χ2v) is 15.5. The summed E-state index contributed by atoms with van der Waals surface area (Å²) >= 11 is 1.88. The highest BCUT2D eigenvalue weighted by atomic mass is 32.1. The van der Waals surface area contributed by atoms with Crippen LogP contribution >= 0.6 is 11.3 Å². The Hall–Kier alpha value is -7.00. The number of nitrogens with zero attached hydrogens (tertiary/aromatic N) is 1. The Balaban J connectivity index is 1.18. The Bertz CT molecular complexity index is 3140. The topological polar surface area (TPSA) is 3.24 Å². The second-order valence-electron chi connectivity index (χ2n) is 14.4. The quantitative estimate of drug-likeness (QED) is 0.154. The number of para-hydroxylation sites is 1. The van der Waals surface area contributed by atoms with Crippen molar-refractivity contribution in [3.8, 4) is 33.4 Å². The first-order chi connectivity index (χ1) is 27.8. The Kier molecular flexibility index (Phi) is 7.75. The first-order valence-electron chi connectivity index (χ1n) is 19.2. The standard InChI is InChI=1S/C54H35NS/c1-3-15-36(16-4-1)41-24-13-25-42(37-17-5-2-6-18-37)53(41)55(40-33-34-48-46-21-8-7-19-44(46)45-20-9-10-22-47(45)51(48)35-40)39-31-29-38(30-32-39)43-26-14-27-50-49-23-11-12-28-52(49)56-54(43)50/h1-35H. The van der Waals surface area contributed by atoms with Gasteiger partial charge in [0, 0.05) is 42.7 Å². The SMILES string of the molecule is c1ccc(-c2cccc(-c3ccccc3)c2N(c2ccc(-c3cccc4c3sc3ccccc34)cc2)c2ccc3c4ccccc4c4ccccc4c3c2)cc1. The van der Waals surface area contributed by atoms with E-state index in [1.807, 2.05) is 11.3 Å². The van der Waals surface area contributed by atoms with Gasteiger partial charge < -0.3 is 4.90 Å². The van der Waals surface area contributed by atoms with E-state index in [2.05, 4.69) is 217 Å². The first-order valence-corrected chi connectivity index (χ1v) is 20.0. The maximum absolute atomic E-state index is 2.48. The van der Waals surface area contributed by atoms with Gasteiger partial charge in [-0.15, -0.1) is 11.3 Å². The summed E-state index contributed by atoms with van der Waals surface area (Å²) in [7, 11) is 0. The van der Waals surface area contributed by atoms with Gasteiger partial charge in [-0.2, -0.15) is 0 Å². The van der Waals surface area contributed by atoms with Crippen molar-refractivity contribution >= 4 is 80.9 Å². The summed E-state index contributed by atoms with van der Waals surface area (Å²) in [6, 6.07) is 77.7. The summed E-state index contributed by atoms with van der Waals surface area (Å²) in [6.07, 6.45) is 0. The fraction of sp³-hybridized carbons (Fsp3) is 0. The van der Waals surface area contributed by atoms with E-state index in [1.54, 1.807) is 0 Å². The molecule has 0 aliphatic rings. The van der Waals surface area contributed by atoms with E-state index in [1.165, 1.54) is 85.9 Å². The lowest BCUT2D eigenvalue weighted by atomic mass is 9.92. The van der Waals surface area contributed by atoms with Crippen LogP contribution in [-0.4, -0.2) is 0 Å². The molecule has 0 aliphatic carbocycles. The molecule has 0 bridgehead atoms. The number of rotatable bonds is 6. The Morgan fingerprint density at radius 2 is 0.732 bits per heavy atom. The van der Waals surface area contributed by atoms with Crippen LogP contribution in [0.4, 0.5) is 17.1 Å². The fourth-order valence-electron chi connectivity index (χ4n) is 8.69. The lowest BCUT2D eigenvalue weighted by Crippen LogP contribution is -2.13. The van der Waals surface area contributed by atoms with Crippen LogP contribution in [0.3, 0.4) is 0 Å². The molecule has 0 fully saturated rings. The van der Waals surface area contributed by atoms with Crippen molar-refractivity contribution in [3.63, 3.8) is 0 Å². The summed E-state index contributed by atoms with van der Waals surface area (Å²) in [5.41, 5.74) is 10.5. The number of hydrogen-bond acceptors (Lipinski definition) is 2. The van der Waals surface area contributed by atoms with Gasteiger partial charge in [-0.05, 0) is 84.9 Å². The number of hydrogen-bond donors (Lipinski definition) is 0. The average Bonchev–Trinajstić information content (AvgIpc) is 3.67. The first kappa shape index (κ1) is 32.4. The normalized spacial score (nSPS) is 11.6. The van der Waals surface area contributed by atoms with E-state index in [0.717, 1.165) is 17.1 Å². The third-order valence-corrected chi connectivity index (χ3v) is 12.5. The summed E-state index contributed by atoms with van der Waals surface area (Å²) < 4.78 is 2.65. The molecule has 0 N–H and O–H groups in total. The summed E-state index contributed by atoms with van der Waals surface area (Å²) in [6.45, 7) is 0. The molecule has 0 spiro atoms. The molecule has 11 aromatic rings. The van der Waals surface area contributed by atoms with E-state index < -0.39 is 0 Å². The molecule has 0 atom stereocenters. The van der Waals surface area contributed by atoms with Gasteiger partial charge in [0.25, 0.3) is 0 Å². The third kappa shape index (κ3) is 5.30. The van der Waals surface area contributed by atoms with Crippen LogP contribution in [0.2, 0.25) is 0 Å². The minimum absolute atomic E-state index is 1.10. The van der Waals surface area contributed by atoms with E-state index in [9.17, 15) is 0 Å². The van der Waals surface area contributed by atoms with E-state index in [0.29, 0.717) is 0 Å². The van der Waals surface area contributed by atoms with Gasteiger partial charge in [0.1, 0.15) is 0 Å². The van der Waals surface area contributed by atoms with E-state index in [4.69, 9.17) is 0 Å². The number of thiophene rings is 1. The van der Waals surface area contributed by atoms with Crippen LogP contribution in [0.15, 0.2) is 212 Å². The minimum Gasteiger partial charge on any atom is -0.309 e. The fourth-order valence-corrected chi connectivity index (χ4v) is 9.93. The van der Waals surface area contributed by atoms with Crippen LogP contribution in [0.5, 0.6) is 0 Å². The minimum atomic E-state index is 1.10. The number of benzene rings is 10. The molecule has 0 aliphatic heterocycles. The predicted octanol–water partition coefficient (Wildman–Crippen LogP) is 16.0. The van der Waals surface area contributed by atoms with Gasteiger partial charge in [-0.1, -0.05) is 182 Å². The maximum atomic E-state index is 2.48. The third-order valence-electron chi connectivity index (χ3n) is 11.3. The number of anilines is 3. The lowest BCUT2D eigenvalue weighted by molar-refractivity contribution is 1.29. The van der Waals surface area contributed by atoms with Crippen molar-refractivity contribution in [2.75, 3.05) is 4.90 Å². The second kappa shape index (κ2) is 13.4. The summed E-state index contributed by atoms with van der Waals surface area (Å²) in [5.74, 6) is 0.